The molecule has 1 aliphatic rings. The van der Waals surface area contributed by atoms with E-state index < -0.39 is 5.60 Å². The highest BCUT2D eigenvalue weighted by Gasteiger charge is 2.32. The van der Waals surface area contributed by atoms with Crippen LogP contribution in [-0.4, -0.2) is 32.4 Å². The maximum Gasteiger partial charge on any atom is 0.271 e. The average Bonchev–Trinajstić information content (AvgIpc) is 2.61. The monoisotopic (exact) mass is 327 g/mol. The first-order valence-electron chi connectivity index (χ1n) is 8.09. The Labute approximate surface area is 140 Å². The lowest BCUT2D eigenvalue weighted by molar-refractivity contribution is -0.0760. The van der Waals surface area contributed by atoms with Gasteiger partial charge in [0.2, 0.25) is 0 Å². The molecule has 1 fully saturated rings. The van der Waals surface area contributed by atoms with Crippen molar-refractivity contribution < 1.29 is 9.53 Å². The van der Waals surface area contributed by atoms with Crippen molar-refractivity contribution in [1.82, 2.24) is 25.3 Å². The van der Waals surface area contributed by atoms with Gasteiger partial charge in [-0.15, -0.1) is 0 Å². The van der Waals surface area contributed by atoms with Crippen molar-refractivity contribution in [1.29, 1.82) is 0 Å². The molecule has 3 heterocycles. The molecule has 1 N–H and O–H groups in total. The van der Waals surface area contributed by atoms with Crippen LogP contribution in [0.5, 0.6) is 0 Å². The van der Waals surface area contributed by atoms with Gasteiger partial charge in [-0.2, -0.15) is 0 Å². The molecule has 0 aliphatic carbocycles. The van der Waals surface area contributed by atoms with Crippen LogP contribution < -0.4 is 5.32 Å². The van der Waals surface area contributed by atoms with Gasteiger partial charge < -0.3 is 10.1 Å². The SMILES string of the molecule is Cc1cnc(C(=O)NCc2cnc([C@@]3(C)CCCCO3)nc2)cn1. The normalized spacial score (nSPS) is 20.6. The van der Waals surface area contributed by atoms with Crippen molar-refractivity contribution >= 4 is 5.91 Å². The van der Waals surface area contributed by atoms with E-state index in [0.29, 0.717) is 18.1 Å². The predicted molar refractivity (Wildman–Crippen MR) is 87.1 cm³/mol. The minimum Gasteiger partial charge on any atom is -0.367 e. The first kappa shape index (κ1) is 16.4. The summed E-state index contributed by atoms with van der Waals surface area (Å²) in [6.45, 7) is 4.94. The molecule has 2 aromatic heterocycles. The highest BCUT2D eigenvalue weighted by Crippen LogP contribution is 2.32. The van der Waals surface area contributed by atoms with Gasteiger partial charge in [-0.3, -0.25) is 9.78 Å². The van der Waals surface area contributed by atoms with Gasteiger partial charge in [-0.25, -0.2) is 15.0 Å². The number of aryl methyl sites for hydroxylation is 1. The van der Waals surface area contributed by atoms with E-state index in [1.165, 1.54) is 6.20 Å². The number of amides is 1. The van der Waals surface area contributed by atoms with E-state index in [4.69, 9.17) is 4.74 Å². The lowest BCUT2D eigenvalue weighted by Gasteiger charge is -2.32. The average molecular weight is 327 g/mol. The number of nitrogens with zero attached hydrogens (tertiary/aromatic N) is 4. The first-order chi connectivity index (χ1) is 11.6. The summed E-state index contributed by atoms with van der Waals surface area (Å²) in [5.74, 6) is 0.427. The molecule has 24 heavy (non-hydrogen) atoms. The zero-order valence-corrected chi connectivity index (χ0v) is 14.0. The number of hydrogen-bond acceptors (Lipinski definition) is 6. The third-order valence-corrected chi connectivity index (χ3v) is 4.11. The summed E-state index contributed by atoms with van der Waals surface area (Å²) in [5.41, 5.74) is 1.49. The fourth-order valence-electron chi connectivity index (χ4n) is 2.61. The highest BCUT2D eigenvalue weighted by molar-refractivity contribution is 5.91. The van der Waals surface area contributed by atoms with Gasteiger partial charge in [0.25, 0.3) is 5.91 Å². The number of ether oxygens (including phenoxy) is 1. The van der Waals surface area contributed by atoms with Gasteiger partial charge in [0.1, 0.15) is 11.3 Å². The third-order valence-electron chi connectivity index (χ3n) is 4.11. The van der Waals surface area contributed by atoms with E-state index in [9.17, 15) is 4.79 Å². The van der Waals surface area contributed by atoms with Crippen molar-refractivity contribution in [2.24, 2.45) is 0 Å². The summed E-state index contributed by atoms with van der Waals surface area (Å²) < 4.78 is 5.85. The van der Waals surface area contributed by atoms with E-state index >= 15 is 0 Å². The van der Waals surface area contributed by atoms with Crippen LogP contribution in [0.1, 0.15) is 53.8 Å². The van der Waals surface area contributed by atoms with Crippen molar-refractivity contribution in [2.75, 3.05) is 6.61 Å². The molecule has 2 aromatic rings. The predicted octanol–water partition coefficient (Wildman–Crippen LogP) is 1.92. The minimum absolute atomic E-state index is 0.269. The van der Waals surface area contributed by atoms with E-state index in [0.717, 1.165) is 37.1 Å². The molecule has 0 spiro atoms. The molecule has 0 aromatic carbocycles. The quantitative estimate of drug-likeness (QED) is 0.923. The van der Waals surface area contributed by atoms with Crippen LogP contribution in [0.15, 0.2) is 24.8 Å². The lowest BCUT2D eigenvalue weighted by Crippen LogP contribution is -2.32. The Morgan fingerprint density at radius 1 is 1.17 bits per heavy atom. The molecule has 1 saturated heterocycles. The first-order valence-corrected chi connectivity index (χ1v) is 8.09. The molecule has 1 amide bonds. The molecule has 0 bridgehead atoms. The summed E-state index contributed by atoms with van der Waals surface area (Å²) in [5, 5.41) is 2.79. The Morgan fingerprint density at radius 3 is 2.58 bits per heavy atom. The molecule has 1 atom stereocenters. The van der Waals surface area contributed by atoms with Crippen LogP contribution in [0.25, 0.3) is 0 Å². The van der Waals surface area contributed by atoms with Gasteiger partial charge in [-0.05, 0) is 33.1 Å². The van der Waals surface area contributed by atoms with Gasteiger partial charge in [0.15, 0.2) is 5.82 Å². The fourth-order valence-corrected chi connectivity index (χ4v) is 2.61. The molecule has 0 saturated carbocycles. The Bertz CT molecular complexity index is 694. The van der Waals surface area contributed by atoms with Crippen molar-refractivity contribution in [2.45, 2.75) is 45.3 Å². The third kappa shape index (κ3) is 3.73. The van der Waals surface area contributed by atoms with E-state index in [1.807, 2.05) is 13.8 Å². The molecule has 0 unspecified atom stereocenters. The Kier molecular flexibility index (Phi) is 4.80. The van der Waals surface area contributed by atoms with Gasteiger partial charge in [0, 0.05) is 37.3 Å². The van der Waals surface area contributed by atoms with E-state index in [-0.39, 0.29) is 5.91 Å². The summed E-state index contributed by atoms with van der Waals surface area (Å²) in [7, 11) is 0. The summed E-state index contributed by atoms with van der Waals surface area (Å²) in [6.07, 6.45) is 9.62. The zero-order valence-electron chi connectivity index (χ0n) is 14.0. The number of nitrogens with one attached hydrogen (secondary N) is 1. The number of carbonyl (C=O) groups excluding carboxylic acids is 1. The van der Waals surface area contributed by atoms with Crippen LogP contribution in [-0.2, 0) is 16.9 Å². The number of carbonyl (C=O) groups is 1. The summed E-state index contributed by atoms with van der Waals surface area (Å²) >= 11 is 0. The second kappa shape index (κ2) is 7.00. The Balaban J connectivity index is 1.60. The van der Waals surface area contributed by atoms with Crippen LogP contribution in [0.3, 0.4) is 0 Å². The smallest absolute Gasteiger partial charge is 0.271 e. The maximum absolute atomic E-state index is 12.0. The van der Waals surface area contributed by atoms with Gasteiger partial charge >= 0.3 is 0 Å². The second-order valence-corrected chi connectivity index (χ2v) is 6.18. The largest absolute Gasteiger partial charge is 0.367 e. The van der Waals surface area contributed by atoms with Crippen molar-refractivity contribution in [3.05, 3.63) is 47.6 Å². The zero-order chi connectivity index (χ0) is 17.0. The molecule has 3 rings (SSSR count). The molecule has 0 radical (unpaired) electrons. The molecular formula is C17H21N5O2. The minimum atomic E-state index is -0.405. The van der Waals surface area contributed by atoms with Gasteiger partial charge in [0.05, 0.1) is 11.9 Å². The molecule has 126 valence electrons. The second-order valence-electron chi connectivity index (χ2n) is 6.18. The van der Waals surface area contributed by atoms with E-state index in [2.05, 4.69) is 25.3 Å². The van der Waals surface area contributed by atoms with Crippen molar-refractivity contribution in [3.8, 4) is 0 Å². The Morgan fingerprint density at radius 2 is 1.96 bits per heavy atom. The molecular weight excluding hydrogens is 306 g/mol. The number of rotatable bonds is 4. The molecule has 1 aliphatic heterocycles. The highest BCUT2D eigenvalue weighted by atomic mass is 16.5. The number of hydrogen-bond donors (Lipinski definition) is 1. The maximum atomic E-state index is 12.0. The standard InChI is InChI=1S/C17H21N5O2/c1-12-7-19-14(11-18-12)15(23)20-8-13-9-21-16(22-10-13)17(2)5-3-4-6-24-17/h7,9-11H,3-6,8H2,1-2H3,(H,20,23)/t17-/m1/s1. The van der Waals surface area contributed by atoms with Gasteiger partial charge in [-0.1, -0.05) is 0 Å². The van der Waals surface area contributed by atoms with Crippen molar-refractivity contribution in [3.63, 3.8) is 0 Å². The van der Waals surface area contributed by atoms with E-state index in [1.54, 1.807) is 18.6 Å². The Hall–Kier alpha value is -2.41. The lowest BCUT2D eigenvalue weighted by atomic mass is 9.95. The van der Waals surface area contributed by atoms with Crippen LogP contribution in [0.2, 0.25) is 0 Å². The van der Waals surface area contributed by atoms with Crippen LogP contribution in [0.4, 0.5) is 0 Å². The van der Waals surface area contributed by atoms with Crippen LogP contribution >= 0.6 is 0 Å². The molecule has 7 heteroatoms. The topological polar surface area (TPSA) is 89.9 Å². The summed E-state index contributed by atoms with van der Waals surface area (Å²) in [6, 6.07) is 0. The van der Waals surface area contributed by atoms with Crippen LogP contribution in [0, 0.1) is 6.92 Å². The number of aromatic nitrogens is 4. The fraction of sp³-hybridized carbons (Fsp3) is 0.471. The summed E-state index contributed by atoms with van der Waals surface area (Å²) in [4.78, 5) is 29.0. The molecule has 7 nitrogen and oxygen atoms in total.